The maximum atomic E-state index is 4.46. The Balaban J connectivity index is 2.12. The van der Waals surface area contributed by atoms with Crippen LogP contribution in [-0.4, -0.2) is 18.1 Å². The number of nitrogens with zero attached hydrogens (tertiary/aromatic N) is 1. The Morgan fingerprint density at radius 1 is 1.12 bits per heavy atom. The molecule has 0 radical (unpaired) electrons. The molecule has 0 aliphatic carbocycles. The van der Waals surface area contributed by atoms with Crippen LogP contribution < -0.4 is 5.32 Å². The topological polar surface area (TPSA) is 24.9 Å². The van der Waals surface area contributed by atoms with Gasteiger partial charge in [-0.3, -0.25) is 4.98 Å². The molecule has 1 aromatic rings. The molecule has 1 N–H and O–H groups in total. The molecule has 1 heterocycles. The van der Waals surface area contributed by atoms with Crippen LogP contribution in [0.1, 0.15) is 44.4 Å². The van der Waals surface area contributed by atoms with E-state index in [9.17, 15) is 0 Å². The van der Waals surface area contributed by atoms with Gasteiger partial charge < -0.3 is 5.32 Å². The van der Waals surface area contributed by atoms with Crippen LogP contribution in [0.15, 0.2) is 18.3 Å². The third kappa shape index (κ3) is 5.26. The molecule has 0 aromatic carbocycles. The summed E-state index contributed by atoms with van der Waals surface area (Å²) < 4.78 is 0. The molecule has 0 amide bonds. The quantitative estimate of drug-likeness (QED) is 0.681. The Morgan fingerprint density at radius 3 is 2.62 bits per heavy atom. The first kappa shape index (κ1) is 13.2. The fourth-order valence-electron chi connectivity index (χ4n) is 1.67. The molecule has 0 fully saturated rings. The van der Waals surface area contributed by atoms with Crippen molar-refractivity contribution < 1.29 is 0 Å². The van der Waals surface area contributed by atoms with Crippen LogP contribution in [0.3, 0.4) is 0 Å². The molecule has 0 saturated carbocycles. The van der Waals surface area contributed by atoms with Crippen molar-refractivity contribution in [1.82, 2.24) is 10.3 Å². The van der Waals surface area contributed by atoms with Crippen LogP contribution in [0, 0.1) is 0 Å². The van der Waals surface area contributed by atoms with E-state index in [1.165, 1.54) is 30.5 Å². The average Bonchev–Trinajstić information content (AvgIpc) is 2.34. The predicted molar refractivity (Wildman–Crippen MR) is 69.7 cm³/mol. The zero-order valence-corrected chi connectivity index (χ0v) is 10.6. The second-order valence-electron chi connectivity index (χ2n) is 4.22. The number of aryl methyl sites for hydroxylation is 2. The number of aromatic nitrogens is 1. The normalized spacial score (nSPS) is 10.6. The molecule has 0 aliphatic rings. The molecule has 0 atom stereocenters. The van der Waals surface area contributed by atoms with E-state index in [-0.39, 0.29) is 0 Å². The van der Waals surface area contributed by atoms with Crippen molar-refractivity contribution in [2.45, 2.75) is 46.0 Å². The Labute approximate surface area is 99.5 Å². The Kier molecular flexibility index (Phi) is 6.82. The first-order valence-corrected chi connectivity index (χ1v) is 6.51. The molecule has 0 bridgehead atoms. The highest BCUT2D eigenvalue weighted by Gasteiger charge is 1.95. The third-order valence-electron chi connectivity index (χ3n) is 2.76. The molecule has 2 nitrogen and oxygen atoms in total. The van der Waals surface area contributed by atoms with Crippen molar-refractivity contribution in [2.75, 3.05) is 13.1 Å². The zero-order chi connectivity index (χ0) is 11.6. The van der Waals surface area contributed by atoms with E-state index in [4.69, 9.17) is 0 Å². The predicted octanol–water partition coefficient (Wildman–Crippen LogP) is 2.97. The Morgan fingerprint density at radius 2 is 2.00 bits per heavy atom. The molecule has 0 saturated heterocycles. The van der Waals surface area contributed by atoms with Gasteiger partial charge in [0.05, 0.1) is 0 Å². The van der Waals surface area contributed by atoms with Gasteiger partial charge in [-0.2, -0.15) is 0 Å². The molecule has 0 unspecified atom stereocenters. The summed E-state index contributed by atoms with van der Waals surface area (Å²) in [5.74, 6) is 0. The SMILES string of the molecule is CCCNCCCCc1ccc(CC)cn1. The van der Waals surface area contributed by atoms with E-state index in [2.05, 4.69) is 36.3 Å². The van der Waals surface area contributed by atoms with E-state index >= 15 is 0 Å². The summed E-state index contributed by atoms with van der Waals surface area (Å²) in [6.45, 7) is 6.65. The van der Waals surface area contributed by atoms with Crippen LogP contribution in [-0.2, 0) is 12.8 Å². The molecule has 16 heavy (non-hydrogen) atoms. The molecule has 1 rings (SSSR count). The van der Waals surface area contributed by atoms with Crippen molar-refractivity contribution in [1.29, 1.82) is 0 Å². The van der Waals surface area contributed by atoms with E-state index in [0.29, 0.717) is 0 Å². The van der Waals surface area contributed by atoms with E-state index in [0.717, 1.165) is 25.9 Å². The van der Waals surface area contributed by atoms with Crippen LogP contribution in [0.25, 0.3) is 0 Å². The van der Waals surface area contributed by atoms with Crippen molar-refractivity contribution in [3.63, 3.8) is 0 Å². The van der Waals surface area contributed by atoms with Gasteiger partial charge in [-0.15, -0.1) is 0 Å². The van der Waals surface area contributed by atoms with Gasteiger partial charge >= 0.3 is 0 Å². The van der Waals surface area contributed by atoms with Gasteiger partial charge in [-0.05, 0) is 56.8 Å². The van der Waals surface area contributed by atoms with Gasteiger partial charge in [0.15, 0.2) is 0 Å². The highest BCUT2D eigenvalue weighted by atomic mass is 14.8. The van der Waals surface area contributed by atoms with Crippen molar-refractivity contribution in [3.05, 3.63) is 29.6 Å². The van der Waals surface area contributed by atoms with Gasteiger partial charge in [0.25, 0.3) is 0 Å². The lowest BCUT2D eigenvalue weighted by Gasteiger charge is -2.03. The number of nitrogens with one attached hydrogen (secondary N) is 1. The van der Waals surface area contributed by atoms with Crippen molar-refractivity contribution in [2.24, 2.45) is 0 Å². The largest absolute Gasteiger partial charge is 0.317 e. The number of rotatable bonds is 8. The molecule has 0 aliphatic heterocycles. The van der Waals surface area contributed by atoms with Crippen LogP contribution in [0.4, 0.5) is 0 Å². The minimum atomic E-state index is 1.08. The van der Waals surface area contributed by atoms with Crippen LogP contribution in [0.2, 0.25) is 0 Å². The smallest absolute Gasteiger partial charge is 0.0403 e. The summed E-state index contributed by atoms with van der Waals surface area (Å²) in [7, 11) is 0. The van der Waals surface area contributed by atoms with Crippen LogP contribution in [0.5, 0.6) is 0 Å². The fraction of sp³-hybridized carbons (Fsp3) is 0.643. The fourth-order valence-corrected chi connectivity index (χ4v) is 1.67. The number of pyridine rings is 1. The first-order chi connectivity index (χ1) is 7.86. The molecular weight excluding hydrogens is 196 g/mol. The lowest BCUT2D eigenvalue weighted by molar-refractivity contribution is 0.614. The van der Waals surface area contributed by atoms with Crippen molar-refractivity contribution >= 4 is 0 Å². The maximum Gasteiger partial charge on any atom is 0.0403 e. The number of hydrogen-bond acceptors (Lipinski definition) is 2. The number of unbranched alkanes of at least 4 members (excludes halogenated alkanes) is 1. The van der Waals surface area contributed by atoms with E-state index in [1.54, 1.807) is 0 Å². The highest BCUT2D eigenvalue weighted by Crippen LogP contribution is 2.04. The van der Waals surface area contributed by atoms with Gasteiger partial charge in [0.2, 0.25) is 0 Å². The maximum absolute atomic E-state index is 4.46. The molecule has 1 aromatic heterocycles. The summed E-state index contributed by atoms with van der Waals surface area (Å²) >= 11 is 0. The second-order valence-corrected chi connectivity index (χ2v) is 4.22. The average molecular weight is 220 g/mol. The molecule has 2 heteroatoms. The van der Waals surface area contributed by atoms with Gasteiger partial charge in [-0.1, -0.05) is 19.9 Å². The molecular formula is C14H24N2. The summed E-state index contributed by atoms with van der Waals surface area (Å²) in [6, 6.07) is 4.36. The van der Waals surface area contributed by atoms with Crippen LogP contribution >= 0.6 is 0 Å². The summed E-state index contributed by atoms with van der Waals surface area (Å²) in [5, 5.41) is 3.42. The molecule has 0 spiro atoms. The molecule has 90 valence electrons. The third-order valence-corrected chi connectivity index (χ3v) is 2.76. The van der Waals surface area contributed by atoms with Gasteiger partial charge in [-0.25, -0.2) is 0 Å². The minimum Gasteiger partial charge on any atom is -0.317 e. The monoisotopic (exact) mass is 220 g/mol. The standard InChI is InChI=1S/C14H24N2/c1-3-10-15-11-6-5-7-14-9-8-13(4-2)12-16-14/h8-9,12,15H,3-7,10-11H2,1-2H3. The van der Waals surface area contributed by atoms with E-state index in [1.807, 2.05) is 6.20 Å². The number of hydrogen-bond donors (Lipinski definition) is 1. The summed E-state index contributed by atoms with van der Waals surface area (Å²) in [4.78, 5) is 4.46. The van der Waals surface area contributed by atoms with Crippen molar-refractivity contribution in [3.8, 4) is 0 Å². The summed E-state index contributed by atoms with van der Waals surface area (Å²) in [5.41, 5.74) is 2.56. The zero-order valence-electron chi connectivity index (χ0n) is 10.6. The Bertz CT molecular complexity index is 267. The second kappa shape index (κ2) is 8.28. The highest BCUT2D eigenvalue weighted by molar-refractivity contribution is 5.13. The lowest BCUT2D eigenvalue weighted by atomic mass is 10.1. The summed E-state index contributed by atoms with van der Waals surface area (Å²) in [6.07, 6.45) is 7.89. The Hall–Kier alpha value is -0.890. The van der Waals surface area contributed by atoms with Gasteiger partial charge in [0, 0.05) is 11.9 Å². The first-order valence-electron chi connectivity index (χ1n) is 6.51. The van der Waals surface area contributed by atoms with Gasteiger partial charge in [0.1, 0.15) is 0 Å². The lowest BCUT2D eigenvalue weighted by Crippen LogP contribution is -2.15. The minimum absolute atomic E-state index is 1.08. The van der Waals surface area contributed by atoms with E-state index < -0.39 is 0 Å².